The van der Waals surface area contributed by atoms with E-state index in [9.17, 15) is 4.79 Å². The summed E-state index contributed by atoms with van der Waals surface area (Å²) < 4.78 is 1.28. The van der Waals surface area contributed by atoms with E-state index in [1.165, 1.54) is 3.97 Å². The zero-order valence-corrected chi connectivity index (χ0v) is 7.16. The number of benzene rings is 1. The fourth-order valence-corrected chi connectivity index (χ4v) is 1.35. The Morgan fingerprint density at radius 1 is 1.17 bits per heavy atom. The molecule has 2 nitrogen and oxygen atoms in total. The summed E-state index contributed by atoms with van der Waals surface area (Å²) in [6.07, 6.45) is 1.65. The Hall–Kier alpha value is -1.22. The van der Waals surface area contributed by atoms with Gasteiger partial charge in [0.1, 0.15) is 0 Å². The van der Waals surface area contributed by atoms with Crippen molar-refractivity contribution in [3.63, 3.8) is 0 Å². The fourth-order valence-electron chi connectivity index (χ4n) is 1.18. The first-order valence-electron chi connectivity index (χ1n) is 3.59. The van der Waals surface area contributed by atoms with Crippen LogP contribution < -0.4 is 5.56 Å². The summed E-state index contributed by atoms with van der Waals surface area (Å²) >= 11 is 3.98. The van der Waals surface area contributed by atoms with Crippen LogP contribution in [-0.4, -0.2) is 3.97 Å². The summed E-state index contributed by atoms with van der Waals surface area (Å²) in [6.45, 7) is 0. The van der Waals surface area contributed by atoms with Gasteiger partial charge >= 0.3 is 0 Å². The second-order valence-electron chi connectivity index (χ2n) is 2.55. The van der Waals surface area contributed by atoms with Gasteiger partial charge in [0.15, 0.2) is 0 Å². The van der Waals surface area contributed by atoms with Crippen molar-refractivity contribution in [3.8, 4) is 0 Å². The van der Waals surface area contributed by atoms with Gasteiger partial charge in [-0.3, -0.25) is 8.77 Å². The maximum absolute atomic E-state index is 11.4. The number of hydrogen-bond donors (Lipinski definition) is 1. The van der Waals surface area contributed by atoms with E-state index in [4.69, 9.17) is 0 Å². The molecule has 0 atom stereocenters. The highest BCUT2D eigenvalue weighted by molar-refractivity contribution is 7.78. The molecule has 60 valence electrons. The first-order valence-corrected chi connectivity index (χ1v) is 3.99. The van der Waals surface area contributed by atoms with Crippen LogP contribution in [0.25, 0.3) is 10.8 Å². The monoisotopic (exact) mass is 177 g/mol. The minimum atomic E-state index is -0.0727. The number of rotatable bonds is 0. The van der Waals surface area contributed by atoms with Crippen LogP contribution in [0.3, 0.4) is 0 Å². The highest BCUT2D eigenvalue weighted by atomic mass is 32.1. The van der Waals surface area contributed by atoms with E-state index in [0.29, 0.717) is 5.39 Å². The largest absolute Gasteiger partial charge is 0.268 e. The average Bonchev–Trinajstić information content (AvgIpc) is 2.12. The number of hydrogen-bond acceptors (Lipinski definition) is 2. The predicted molar refractivity (Wildman–Crippen MR) is 52.6 cm³/mol. The molecule has 0 saturated carbocycles. The molecule has 0 unspecified atom stereocenters. The molecule has 0 fully saturated rings. The summed E-state index contributed by atoms with van der Waals surface area (Å²) in [7, 11) is 0. The molecule has 1 heterocycles. The Balaban J connectivity index is 3.01. The van der Waals surface area contributed by atoms with E-state index in [0.717, 1.165) is 5.39 Å². The van der Waals surface area contributed by atoms with Crippen molar-refractivity contribution in [1.82, 2.24) is 3.97 Å². The van der Waals surface area contributed by atoms with E-state index in [-0.39, 0.29) is 5.56 Å². The molecule has 0 aliphatic carbocycles. The standard InChI is InChI=1S/C9H7NOS/c11-9-8-4-2-1-3-7(8)5-6-10(9)12/h1-6,12H. The van der Waals surface area contributed by atoms with Gasteiger partial charge < -0.3 is 0 Å². The van der Waals surface area contributed by atoms with Crippen LogP contribution >= 0.6 is 12.8 Å². The molecule has 0 saturated heterocycles. The lowest BCUT2D eigenvalue weighted by atomic mass is 10.2. The van der Waals surface area contributed by atoms with E-state index in [2.05, 4.69) is 12.8 Å². The van der Waals surface area contributed by atoms with Crippen molar-refractivity contribution >= 4 is 23.6 Å². The second-order valence-corrected chi connectivity index (χ2v) is 2.98. The van der Waals surface area contributed by atoms with Crippen LogP contribution in [0.1, 0.15) is 0 Å². The van der Waals surface area contributed by atoms with Gasteiger partial charge in [-0.25, -0.2) is 0 Å². The van der Waals surface area contributed by atoms with Crippen LogP contribution in [-0.2, 0) is 0 Å². The number of aromatic nitrogens is 1. The Labute approximate surface area is 75.0 Å². The molecule has 2 aromatic rings. The van der Waals surface area contributed by atoms with Crippen LogP contribution in [0.5, 0.6) is 0 Å². The van der Waals surface area contributed by atoms with Crippen molar-refractivity contribution in [2.75, 3.05) is 0 Å². The summed E-state index contributed by atoms with van der Waals surface area (Å²) in [5, 5.41) is 1.66. The molecule has 0 bridgehead atoms. The summed E-state index contributed by atoms with van der Waals surface area (Å²) in [6, 6.07) is 9.32. The topological polar surface area (TPSA) is 22.0 Å². The molecule has 0 amide bonds. The lowest BCUT2D eigenvalue weighted by molar-refractivity contribution is 1.19. The van der Waals surface area contributed by atoms with Gasteiger partial charge in [0.25, 0.3) is 5.56 Å². The molecule has 12 heavy (non-hydrogen) atoms. The van der Waals surface area contributed by atoms with E-state index >= 15 is 0 Å². The van der Waals surface area contributed by atoms with Crippen LogP contribution in [0.2, 0.25) is 0 Å². The second kappa shape index (κ2) is 2.68. The Morgan fingerprint density at radius 3 is 2.75 bits per heavy atom. The van der Waals surface area contributed by atoms with E-state index in [1.54, 1.807) is 12.3 Å². The normalized spacial score (nSPS) is 10.4. The minimum Gasteiger partial charge on any atom is -0.268 e. The first kappa shape index (κ1) is 7.43. The third kappa shape index (κ3) is 1.02. The first-order chi connectivity index (χ1) is 5.79. The van der Waals surface area contributed by atoms with Gasteiger partial charge in [0.2, 0.25) is 0 Å². The number of thiol groups is 1. The average molecular weight is 177 g/mol. The predicted octanol–water partition coefficient (Wildman–Crippen LogP) is 1.69. The molecule has 3 heteroatoms. The van der Waals surface area contributed by atoms with Crippen molar-refractivity contribution < 1.29 is 0 Å². The van der Waals surface area contributed by atoms with Gasteiger partial charge in [-0.15, -0.1) is 0 Å². The molecule has 0 aliphatic rings. The zero-order valence-electron chi connectivity index (χ0n) is 6.27. The lowest BCUT2D eigenvalue weighted by Crippen LogP contribution is -2.11. The zero-order chi connectivity index (χ0) is 8.55. The molecule has 0 N–H and O–H groups in total. The number of pyridine rings is 1. The molecule has 1 aromatic carbocycles. The SMILES string of the molecule is O=c1c2ccccc2ccn1S. The highest BCUT2D eigenvalue weighted by Crippen LogP contribution is 2.07. The maximum Gasteiger partial charge on any atom is 0.268 e. The quantitative estimate of drug-likeness (QED) is 0.608. The Morgan fingerprint density at radius 2 is 1.92 bits per heavy atom. The molecular formula is C9H7NOS. The molecule has 0 radical (unpaired) electrons. The lowest BCUT2D eigenvalue weighted by Gasteiger charge is -1.97. The smallest absolute Gasteiger partial charge is 0.268 e. The van der Waals surface area contributed by atoms with Crippen molar-refractivity contribution in [3.05, 3.63) is 46.9 Å². The van der Waals surface area contributed by atoms with Gasteiger partial charge in [-0.2, -0.15) is 0 Å². The van der Waals surface area contributed by atoms with E-state index in [1.807, 2.05) is 24.3 Å². The van der Waals surface area contributed by atoms with Crippen molar-refractivity contribution in [1.29, 1.82) is 0 Å². The van der Waals surface area contributed by atoms with Gasteiger partial charge in [-0.05, 0) is 17.5 Å². The number of nitrogens with zero attached hydrogens (tertiary/aromatic N) is 1. The summed E-state index contributed by atoms with van der Waals surface area (Å²) in [5.74, 6) is 0. The summed E-state index contributed by atoms with van der Waals surface area (Å²) in [5.41, 5.74) is -0.0727. The Bertz CT molecular complexity index is 475. The van der Waals surface area contributed by atoms with Gasteiger partial charge in [0.05, 0.1) is 0 Å². The van der Waals surface area contributed by atoms with Gasteiger partial charge in [-0.1, -0.05) is 31.0 Å². The maximum atomic E-state index is 11.4. The van der Waals surface area contributed by atoms with E-state index < -0.39 is 0 Å². The number of fused-ring (bicyclic) bond motifs is 1. The van der Waals surface area contributed by atoms with Crippen molar-refractivity contribution in [2.24, 2.45) is 0 Å². The fraction of sp³-hybridized carbons (Fsp3) is 0. The molecule has 1 aromatic heterocycles. The molecule has 0 aliphatic heterocycles. The Kier molecular flexibility index (Phi) is 1.66. The third-order valence-corrected chi connectivity index (χ3v) is 2.11. The third-order valence-electron chi connectivity index (χ3n) is 1.79. The van der Waals surface area contributed by atoms with Crippen molar-refractivity contribution in [2.45, 2.75) is 0 Å². The van der Waals surface area contributed by atoms with Crippen LogP contribution in [0.4, 0.5) is 0 Å². The molecule has 0 spiro atoms. The van der Waals surface area contributed by atoms with Crippen LogP contribution in [0, 0.1) is 0 Å². The van der Waals surface area contributed by atoms with Gasteiger partial charge in [0, 0.05) is 11.6 Å². The highest BCUT2D eigenvalue weighted by Gasteiger charge is 1.97. The molecular weight excluding hydrogens is 170 g/mol. The van der Waals surface area contributed by atoms with Crippen LogP contribution in [0.15, 0.2) is 41.3 Å². The minimum absolute atomic E-state index is 0.0727. The summed E-state index contributed by atoms with van der Waals surface area (Å²) in [4.78, 5) is 11.4. The molecule has 2 rings (SSSR count).